The molecule has 0 aliphatic heterocycles. The van der Waals surface area contributed by atoms with Crippen LogP contribution in [0.25, 0.3) is 0 Å². The maximum absolute atomic E-state index is 5.25. The zero-order valence-electron chi connectivity index (χ0n) is 12.7. The second-order valence-corrected chi connectivity index (χ2v) is 6.38. The molecule has 1 saturated carbocycles. The highest BCUT2D eigenvalue weighted by atomic mass is 16.5. The van der Waals surface area contributed by atoms with Crippen molar-refractivity contribution in [3.05, 3.63) is 29.8 Å². The zero-order valence-corrected chi connectivity index (χ0v) is 12.7. The van der Waals surface area contributed by atoms with Gasteiger partial charge in [0, 0.05) is 6.04 Å². The third kappa shape index (κ3) is 3.11. The molecule has 0 spiro atoms. The summed E-state index contributed by atoms with van der Waals surface area (Å²) in [6.45, 7) is 4.84. The lowest BCUT2D eigenvalue weighted by Crippen LogP contribution is -2.37. The summed E-state index contributed by atoms with van der Waals surface area (Å²) in [5.41, 5.74) is 1.80. The van der Waals surface area contributed by atoms with Crippen molar-refractivity contribution in [2.24, 2.45) is 11.3 Å². The minimum atomic E-state index is 0.422. The first-order valence-electron chi connectivity index (χ1n) is 7.39. The Balaban J connectivity index is 2.22. The number of hydrogen-bond donors (Lipinski definition) is 1. The van der Waals surface area contributed by atoms with Gasteiger partial charge in [-0.3, -0.25) is 0 Å². The molecule has 0 aromatic heterocycles. The van der Waals surface area contributed by atoms with Crippen LogP contribution in [0.3, 0.4) is 0 Å². The standard InChI is InChI=1S/C17H27NO/c1-17(2)12-6-5-7-15(17)16(18-3)13-8-10-14(19-4)11-9-13/h8-11,15-16,18H,5-7,12H2,1-4H3. The van der Waals surface area contributed by atoms with Crippen molar-refractivity contribution >= 4 is 0 Å². The normalized spacial score (nSPS) is 23.9. The molecule has 0 heterocycles. The fourth-order valence-corrected chi connectivity index (χ4v) is 3.55. The summed E-state index contributed by atoms with van der Waals surface area (Å²) >= 11 is 0. The second kappa shape index (κ2) is 5.96. The van der Waals surface area contributed by atoms with Gasteiger partial charge in [-0.1, -0.05) is 38.8 Å². The van der Waals surface area contributed by atoms with Crippen LogP contribution in [-0.4, -0.2) is 14.2 Å². The average Bonchev–Trinajstić information content (AvgIpc) is 2.42. The van der Waals surface area contributed by atoms with E-state index in [-0.39, 0.29) is 0 Å². The molecular formula is C17H27NO. The van der Waals surface area contributed by atoms with Gasteiger partial charge in [-0.15, -0.1) is 0 Å². The van der Waals surface area contributed by atoms with Gasteiger partial charge in [-0.25, -0.2) is 0 Å². The molecular weight excluding hydrogens is 234 g/mol. The van der Waals surface area contributed by atoms with Crippen LogP contribution in [0.1, 0.15) is 51.1 Å². The lowest BCUT2D eigenvalue weighted by atomic mass is 9.65. The Labute approximate surface area is 117 Å². The molecule has 2 rings (SSSR count). The van der Waals surface area contributed by atoms with Crippen LogP contribution < -0.4 is 10.1 Å². The SMILES string of the molecule is CNC(c1ccc(OC)cc1)C1CCCCC1(C)C. The largest absolute Gasteiger partial charge is 0.497 e. The quantitative estimate of drug-likeness (QED) is 0.878. The maximum atomic E-state index is 5.25. The van der Waals surface area contributed by atoms with Crippen LogP contribution in [0.5, 0.6) is 5.75 Å². The number of hydrogen-bond acceptors (Lipinski definition) is 2. The van der Waals surface area contributed by atoms with E-state index in [0.29, 0.717) is 17.4 Å². The molecule has 0 amide bonds. The van der Waals surface area contributed by atoms with Crippen LogP contribution >= 0.6 is 0 Å². The highest BCUT2D eigenvalue weighted by Gasteiger charge is 2.37. The summed E-state index contributed by atoms with van der Waals surface area (Å²) < 4.78 is 5.25. The van der Waals surface area contributed by atoms with Gasteiger partial charge in [-0.05, 0) is 48.9 Å². The Hall–Kier alpha value is -1.02. The van der Waals surface area contributed by atoms with Crippen molar-refractivity contribution in [2.45, 2.75) is 45.6 Å². The molecule has 106 valence electrons. The third-order valence-electron chi connectivity index (χ3n) is 4.78. The van der Waals surface area contributed by atoms with Gasteiger partial charge in [-0.2, -0.15) is 0 Å². The maximum Gasteiger partial charge on any atom is 0.118 e. The van der Waals surface area contributed by atoms with E-state index < -0.39 is 0 Å². The molecule has 19 heavy (non-hydrogen) atoms. The summed E-state index contributed by atoms with van der Waals surface area (Å²) in [5.74, 6) is 1.64. The predicted molar refractivity (Wildman–Crippen MR) is 80.5 cm³/mol. The smallest absolute Gasteiger partial charge is 0.118 e. The Kier molecular flexibility index (Phi) is 4.51. The molecule has 2 unspecified atom stereocenters. The molecule has 0 bridgehead atoms. The van der Waals surface area contributed by atoms with E-state index in [0.717, 1.165) is 5.75 Å². The highest BCUT2D eigenvalue weighted by Crippen LogP contribution is 2.46. The van der Waals surface area contributed by atoms with Crippen LogP contribution in [0.2, 0.25) is 0 Å². The van der Waals surface area contributed by atoms with Gasteiger partial charge in [0.05, 0.1) is 7.11 Å². The van der Waals surface area contributed by atoms with E-state index >= 15 is 0 Å². The van der Waals surface area contributed by atoms with E-state index in [2.05, 4.69) is 50.5 Å². The first-order valence-corrected chi connectivity index (χ1v) is 7.39. The van der Waals surface area contributed by atoms with Crippen LogP contribution in [-0.2, 0) is 0 Å². The Morgan fingerprint density at radius 2 is 1.89 bits per heavy atom. The number of benzene rings is 1. The lowest BCUT2D eigenvalue weighted by molar-refractivity contribution is 0.101. The molecule has 1 aromatic carbocycles. The van der Waals surface area contributed by atoms with Gasteiger partial charge in [0.1, 0.15) is 5.75 Å². The van der Waals surface area contributed by atoms with Crippen molar-refractivity contribution < 1.29 is 4.74 Å². The van der Waals surface area contributed by atoms with Crippen molar-refractivity contribution in [3.63, 3.8) is 0 Å². The first kappa shape index (κ1) is 14.4. The topological polar surface area (TPSA) is 21.3 Å². The van der Waals surface area contributed by atoms with Crippen LogP contribution in [0.15, 0.2) is 24.3 Å². The summed E-state index contributed by atoms with van der Waals surface area (Å²) in [4.78, 5) is 0. The minimum absolute atomic E-state index is 0.422. The highest BCUT2D eigenvalue weighted by molar-refractivity contribution is 5.29. The third-order valence-corrected chi connectivity index (χ3v) is 4.78. The summed E-state index contributed by atoms with van der Waals surface area (Å²) in [5, 5.41) is 3.54. The summed E-state index contributed by atoms with van der Waals surface area (Å²) in [7, 11) is 3.80. The Bertz CT molecular complexity index is 396. The van der Waals surface area contributed by atoms with Gasteiger partial charge in [0.25, 0.3) is 0 Å². The van der Waals surface area contributed by atoms with Crippen molar-refractivity contribution in [1.29, 1.82) is 0 Å². The number of methoxy groups -OCH3 is 1. The van der Waals surface area contributed by atoms with Crippen LogP contribution in [0, 0.1) is 11.3 Å². The Morgan fingerprint density at radius 3 is 2.42 bits per heavy atom. The molecule has 2 nitrogen and oxygen atoms in total. The van der Waals surface area contributed by atoms with Crippen LogP contribution in [0.4, 0.5) is 0 Å². The van der Waals surface area contributed by atoms with Crippen molar-refractivity contribution in [1.82, 2.24) is 5.32 Å². The molecule has 0 radical (unpaired) electrons. The van der Waals surface area contributed by atoms with Gasteiger partial charge in [0.2, 0.25) is 0 Å². The van der Waals surface area contributed by atoms with E-state index in [9.17, 15) is 0 Å². The molecule has 1 aromatic rings. The van der Waals surface area contributed by atoms with Crippen molar-refractivity contribution in [2.75, 3.05) is 14.2 Å². The molecule has 2 atom stereocenters. The molecule has 1 aliphatic rings. The first-order chi connectivity index (χ1) is 9.08. The van der Waals surface area contributed by atoms with E-state index in [1.807, 2.05) is 0 Å². The zero-order chi connectivity index (χ0) is 13.9. The Morgan fingerprint density at radius 1 is 1.21 bits per heavy atom. The molecule has 1 fully saturated rings. The number of rotatable bonds is 4. The fraction of sp³-hybridized carbons (Fsp3) is 0.647. The van der Waals surface area contributed by atoms with E-state index in [4.69, 9.17) is 4.74 Å². The molecule has 0 saturated heterocycles. The van der Waals surface area contributed by atoms with E-state index in [1.165, 1.54) is 31.2 Å². The number of ether oxygens (including phenoxy) is 1. The molecule has 2 heteroatoms. The van der Waals surface area contributed by atoms with E-state index in [1.54, 1.807) is 7.11 Å². The van der Waals surface area contributed by atoms with Crippen molar-refractivity contribution in [3.8, 4) is 5.75 Å². The van der Waals surface area contributed by atoms with Gasteiger partial charge >= 0.3 is 0 Å². The minimum Gasteiger partial charge on any atom is -0.497 e. The summed E-state index contributed by atoms with van der Waals surface area (Å²) in [6, 6.07) is 8.97. The summed E-state index contributed by atoms with van der Waals surface area (Å²) in [6.07, 6.45) is 5.40. The van der Waals surface area contributed by atoms with Gasteiger partial charge in [0.15, 0.2) is 0 Å². The fourth-order valence-electron chi connectivity index (χ4n) is 3.55. The van der Waals surface area contributed by atoms with Gasteiger partial charge < -0.3 is 10.1 Å². The lowest BCUT2D eigenvalue weighted by Gasteiger charge is -2.43. The molecule has 1 aliphatic carbocycles. The second-order valence-electron chi connectivity index (χ2n) is 6.38. The average molecular weight is 261 g/mol. The molecule has 1 N–H and O–H groups in total. The monoisotopic (exact) mass is 261 g/mol. The predicted octanol–water partition coefficient (Wildman–Crippen LogP) is 4.17. The number of nitrogens with one attached hydrogen (secondary N) is 1.